The second-order valence-electron chi connectivity index (χ2n) is 3.55. The van der Waals surface area contributed by atoms with Gasteiger partial charge >= 0.3 is 0 Å². The summed E-state index contributed by atoms with van der Waals surface area (Å²) in [5, 5.41) is 5.65. The maximum Gasteiger partial charge on any atom is 0.0696 e. The molecule has 2 nitrogen and oxygen atoms in total. The highest BCUT2D eigenvalue weighted by Gasteiger charge is 2.07. The van der Waals surface area contributed by atoms with Crippen LogP contribution >= 0.6 is 22.6 Å². The molecule has 0 aliphatic carbocycles. The molecule has 3 heteroatoms. The van der Waals surface area contributed by atoms with Gasteiger partial charge in [-0.2, -0.15) is 5.10 Å². The summed E-state index contributed by atoms with van der Waals surface area (Å²) >= 11 is 2.34. The first kappa shape index (κ1) is 9.96. The van der Waals surface area contributed by atoms with Gasteiger partial charge in [-0.15, -0.1) is 0 Å². The van der Waals surface area contributed by atoms with Crippen molar-refractivity contribution in [1.82, 2.24) is 9.78 Å². The van der Waals surface area contributed by atoms with E-state index in [4.69, 9.17) is 0 Å². The standard InChI is InChI=1S/C11H13IN2/c1-3-8(2)14-11-6-10(12)5-4-9(11)7-13-14/h4-8H,3H2,1-2H3. The van der Waals surface area contributed by atoms with Crippen molar-refractivity contribution in [2.75, 3.05) is 0 Å². The minimum Gasteiger partial charge on any atom is -0.262 e. The highest BCUT2D eigenvalue weighted by atomic mass is 127. The lowest BCUT2D eigenvalue weighted by atomic mass is 10.2. The number of hydrogen-bond acceptors (Lipinski definition) is 1. The largest absolute Gasteiger partial charge is 0.262 e. The van der Waals surface area contributed by atoms with E-state index in [-0.39, 0.29) is 0 Å². The number of rotatable bonds is 2. The summed E-state index contributed by atoms with van der Waals surface area (Å²) in [6, 6.07) is 6.91. The molecule has 0 aliphatic heterocycles. The molecule has 1 unspecified atom stereocenters. The normalized spacial score (nSPS) is 13.4. The summed E-state index contributed by atoms with van der Waals surface area (Å²) in [6.07, 6.45) is 3.06. The lowest BCUT2D eigenvalue weighted by Crippen LogP contribution is -2.04. The predicted molar refractivity (Wildman–Crippen MR) is 67.5 cm³/mol. The van der Waals surface area contributed by atoms with Crippen molar-refractivity contribution in [2.24, 2.45) is 0 Å². The van der Waals surface area contributed by atoms with E-state index in [0.717, 1.165) is 6.42 Å². The van der Waals surface area contributed by atoms with Crippen LogP contribution in [0.3, 0.4) is 0 Å². The number of hydrogen-bond donors (Lipinski definition) is 0. The number of benzene rings is 1. The SMILES string of the molecule is CCC(C)n1ncc2ccc(I)cc21. The van der Waals surface area contributed by atoms with Crippen LogP contribution < -0.4 is 0 Å². The Morgan fingerprint density at radius 3 is 3.00 bits per heavy atom. The molecule has 0 saturated carbocycles. The van der Waals surface area contributed by atoms with Crippen LogP contribution in [-0.4, -0.2) is 9.78 Å². The van der Waals surface area contributed by atoms with Crippen molar-refractivity contribution in [1.29, 1.82) is 0 Å². The monoisotopic (exact) mass is 300 g/mol. The molecule has 1 atom stereocenters. The lowest BCUT2D eigenvalue weighted by Gasteiger charge is -2.10. The highest BCUT2D eigenvalue weighted by Crippen LogP contribution is 2.21. The van der Waals surface area contributed by atoms with Gasteiger partial charge in [-0.05, 0) is 48.1 Å². The quantitative estimate of drug-likeness (QED) is 0.775. The van der Waals surface area contributed by atoms with Gasteiger partial charge in [0.25, 0.3) is 0 Å². The third-order valence-electron chi connectivity index (χ3n) is 2.57. The fourth-order valence-corrected chi connectivity index (χ4v) is 2.01. The predicted octanol–water partition coefficient (Wildman–Crippen LogP) is 3.61. The molecular weight excluding hydrogens is 287 g/mol. The molecule has 0 saturated heterocycles. The molecule has 0 aliphatic rings. The molecule has 1 heterocycles. The van der Waals surface area contributed by atoms with Gasteiger partial charge in [-0.25, -0.2) is 0 Å². The zero-order valence-corrected chi connectivity index (χ0v) is 10.5. The van der Waals surface area contributed by atoms with Gasteiger partial charge in [0.15, 0.2) is 0 Å². The summed E-state index contributed by atoms with van der Waals surface area (Å²) in [4.78, 5) is 0. The molecule has 0 bridgehead atoms. The zero-order valence-electron chi connectivity index (χ0n) is 8.37. The first-order valence-corrected chi connectivity index (χ1v) is 5.93. The maximum atomic E-state index is 4.42. The van der Waals surface area contributed by atoms with Crippen LogP contribution in [0.4, 0.5) is 0 Å². The van der Waals surface area contributed by atoms with E-state index in [1.54, 1.807) is 0 Å². The average Bonchev–Trinajstić information content (AvgIpc) is 2.59. The molecule has 0 radical (unpaired) electrons. The lowest BCUT2D eigenvalue weighted by molar-refractivity contribution is 0.493. The van der Waals surface area contributed by atoms with Gasteiger partial charge in [0.1, 0.15) is 0 Å². The fourth-order valence-electron chi connectivity index (χ4n) is 1.54. The van der Waals surface area contributed by atoms with Crippen LogP contribution in [0.2, 0.25) is 0 Å². The minimum absolute atomic E-state index is 0.477. The number of halogens is 1. The summed E-state index contributed by atoms with van der Waals surface area (Å²) in [5.41, 5.74) is 1.24. The Labute approximate surface area is 97.4 Å². The van der Waals surface area contributed by atoms with E-state index in [1.165, 1.54) is 14.5 Å². The van der Waals surface area contributed by atoms with Crippen LogP contribution in [0, 0.1) is 3.57 Å². The number of nitrogens with zero attached hydrogens (tertiary/aromatic N) is 2. The smallest absolute Gasteiger partial charge is 0.0696 e. The third-order valence-corrected chi connectivity index (χ3v) is 3.24. The Morgan fingerprint density at radius 1 is 1.50 bits per heavy atom. The molecule has 0 amide bonds. The molecule has 0 fully saturated rings. The van der Waals surface area contributed by atoms with Gasteiger partial charge in [-0.3, -0.25) is 4.68 Å². The third kappa shape index (κ3) is 1.65. The fraction of sp³-hybridized carbons (Fsp3) is 0.364. The second-order valence-corrected chi connectivity index (χ2v) is 4.80. The van der Waals surface area contributed by atoms with E-state index in [9.17, 15) is 0 Å². The van der Waals surface area contributed by atoms with Crippen molar-refractivity contribution in [3.63, 3.8) is 0 Å². The molecule has 2 rings (SSSR count). The topological polar surface area (TPSA) is 17.8 Å². The van der Waals surface area contributed by atoms with Crippen molar-refractivity contribution < 1.29 is 0 Å². The Balaban J connectivity index is 2.61. The van der Waals surface area contributed by atoms with Crippen LogP contribution in [0.5, 0.6) is 0 Å². The van der Waals surface area contributed by atoms with Gasteiger partial charge in [0, 0.05) is 15.0 Å². The van der Waals surface area contributed by atoms with E-state index in [2.05, 4.69) is 64.4 Å². The van der Waals surface area contributed by atoms with Crippen molar-refractivity contribution in [3.8, 4) is 0 Å². The summed E-state index contributed by atoms with van der Waals surface area (Å²) < 4.78 is 3.37. The van der Waals surface area contributed by atoms with Crippen molar-refractivity contribution >= 4 is 33.5 Å². The van der Waals surface area contributed by atoms with Gasteiger partial charge < -0.3 is 0 Å². The van der Waals surface area contributed by atoms with Crippen LogP contribution in [-0.2, 0) is 0 Å². The van der Waals surface area contributed by atoms with E-state index in [0.29, 0.717) is 6.04 Å². The van der Waals surface area contributed by atoms with Crippen molar-refractivity contribution in [3.05, 3.63) is 28.0 Å². The van der Waals surface area contributed by atoms with E-state index in [1.807, 2.05) is 6.20 Å². The molecule has 14 heavy (non-hydrogen) atoms. The number of fused-ring (bicyclic) bond motifs is 1. The van der Waals surface area contributed by atoms with Gasteiger partial charge in [0.2, 0.25) is 0 Å². The molecule has 0 N–H and O–H groups in total. The summed E-state index contributed by atoms with van der Waals surface area (Å²) in [5.74, 6) is 0. The zero-order chi connectivity index (χ0) is 10.1. The van der Waals surface area contributed by atoms with Gasteiger partial charge in [0.05, 0.1) is 11.7 Å². The Morgan fingerprint density at radius 2 is 2.29 bits per heavy atom. The van der Waals surface area contributed by atoms with Crippen LogP contribution in [0.15, 0.2) is 24.4 Å². The first-order chi connectivity index (χ1) is 6.72. The molecular formula is C11H13IN2. The Kier molecular flexibility index (Phi) is 2.76. The molecule has 1 aromatic carbocycles. The van der Waals surface area contributed by atoms with E-state index < -0.39 is 0 Å². The highest BCUT2D eigenvalue weighted by molar-refractivity contribution is 14.1. The van der Waals surface area contributed by atoms with Crippen LogP contribution in [0.1, 0.15) is 26.3 Å². The minimum atomic E-state index is 0.477. The van der Waals surface area contributed by atoms with Gasteiger partial charge in [-0.1, -0.05) is 13.0 Å². The summed E-state index contributed by atoms with van der Waals surface area (Å²) in [6.45, 7) is 4.39. The second kappa shape index (κ2) is 3.88. The van der Waals surface area contributed by atoms with E-state index >= 15 is 0 Å². The first-order valence-electron chi connectivity index (χ1n) is 4.85. The molecule has 1 aromatic heterocycles. The number of aromatic nitrogens is 2. The van der Waals surface area contributed by atoms with Crippen LogP contribution in [0.25, 0.3) is 10.9 Å². The summed E-state index contributed by atoms with van der Waals surface area (Å²) in [7, 11) is 0. The van der Waals surface area contributed by atoms with Crippen molar-refractivity contribution in [2.45, 2.75) is 26.3 Å². The maximum absolute atomic E-state index is 4.42. The molecule has 2 aromatic rings. The average molecular weight is 300 g/mol. The molecule has 0 spiro atoms. The Hall–Kier alpha value is -0.580. The molecule has 74 valence electrons. The Bertz CT molecular complexity index is 447.